The Labute approximate surface area is 169 Å². The van der Waals surface area contributed by atoms with E-state index in [1.165, 1.54) is 60.8 Å². The van der Waals surface area contributed by atoms with Gasteiger partial charge in [0, 0.05) is 0 Å². The van der Waals surface area contributed by atoms with Crippen molar-refractivity contribution >= 4 is 11.1 Å². The van der Waals surface area contributed by atoms with Gasteiger partial charge in [0.2, 0.25) is 0 Å². The first-order chi connectivity index (χ1) is 13.9. The van der Waals surface area contributed by atoms with Gasteiger partial charge in [0.05, 0.1) is 0 Å². The molecular formula is C28H30. The predicted octanol–water partition coefficient (Wildman–Crippen LogP) is 7.81. The lowest BCUT2D eigenvalue weighted by atomic mass is 9.80. The fourth-order valence-corrected chi connectivity index (χ4v) is 4.56. The Hall–Kier alpha value is -2.60. The van der Waals surface area contributed by atoms with Gasteiger partial charge in [-0.05, 0) is 46.6 Å². The van der Waals surface area contributed by atoms with E-state index in [1.807, 2.05) is 0 Å². The van der Waals surface area contributed by atoms with Crippen LogP contribution in [0.15, 0.2) is 91.0 Å². The molecule has 0 aliphatic heterocycles. The summed E-state index contributed by atoms with van der Waals surface area (Å²) < 4.78 is 0. The minimum absolute atomic E-state index is 0.818. The highest BCUT2D eigenvalue weighted by Crippen LogP contribution is 2.38. The van der Waals surface area contributed by atoms with Crippen LogP contribution in [-0.4, -0.2) is 0 Å². The Balaban J connectivity index is 1.80. The summed E-state index contributed by atoms with van der Waals surface area (Å²) in [6, 6.07) is 33.0. The predicted molar refractivity (Wildman–Crippen MR) is 121 cm³/mol. The van der Waals surface area contributed by atoms with Gasteiger partial charge >= 0.3 is 0 Å². The lowest BCUT2D eigenvalue weighted by molar-refractivity contribution is 0.365. The molecule has 142 valence electrons. The maximum Gasteiger partial charge on any atom is -0.00169 e. The van der Waals surface area contributed by atoms with E-state index in [4.69, 9.17) is 0 Å². The Morgan fingerprint density at radius 3 is 1.64 bits per heavy atom. The summed E-state index contributed by atoms with van der Waals surface area (Å²) in [4.78, 5) is 0. The maximum atomic E-state index is 2.30. The smallest absolute Gasteiger partial charge is 0.00169 e. The first-order valence-electron chi connectivity index (χ1n) is 10.8. The number of benzene rings is 3. The second-order valence-electron chi connectivity index (χ2n) is 8.06. The van der Waals surface area contributed by atoms with Crippen molar-refractivity contribution < 1.29 is 0 Å². The van der Waals surface area contributed by atoms with Gasteiger partial charge < -0.3 is 0 Å². The van der Waals surface area contributed by atoms with Crippen molar-refractivity contribution in [3.05, 3.63) is 108 Å². The molecule has 0 radical (unpaired) electrons. The zero-order chi connectivity index (χ0) is 19.0. The molecule has 0 heteroatoms. The largest absolute Gasteiger partial charge is 0.0622 e. The van der Waals surface area contributed by atoms with E-state index in [9.17, 15) is 0 Å². The van der Waals surface area contributed by atoms with Gasteiger partial charge in [0.15, 0.2) is 0 Å². The van der Waals surface area contributed by atoms with Crippen molar-refractivity contribution in [1.29, 1.82) is 0 Å². The van der Waals surface area contributed by atoms with E-state index in [0.717, 1.165) is 12.3 Å². The third-order valence-electron chi connectivity index (χ3n) is 6.05. The summed E-state index contributed by atoms with van der Waals surface area (Å²) in [6.45, 7) is 0. The molecule has 0 bridgehead atoms. The van der Waals surface area contributed by atoms with E-state index < -0.39 is 0 Å². The summed E-state index contributed by atoms with van der Waals surface area (Å²) in [7, 11) is 0. The van der Waals surface area contributed by atoms with Crippen LogP contribution in [0.2, 0.25) is 0 Å². The zero-order valence-corrected chi connectivity index (χ0v) is 16.7. The molecule has 1 aliphatic carbocycles. The van der Waals surface area contributed by atoms with Crippen molar-refractivity contribution in [2.24, 2.45) is 5.92 Å². The minimum atomic E-state index is 0.818. The minimum Gasteiger partial charge on any atom is -0.0622 e. The third-order valence-corrected chi connectivity index (χ3v) is 6.05. The highest BCUT2D eigenvalue weighted by Gasteiger charge is 2.19. The Morgan fingerprint density at radius 2 is 1.07 bits per heavy atom. The quantitative estimate of drug-likeness (QED) is 0.390. The molecule has 4 rings (SSSR count). The molecule has 0 saturated heterocycles. The second kappa shape index (κ2) is 9.55. The van der Waals surface area contributed by atoms with E-state index in [2.05, 4.69) is 91.0 Å². The van der Waals surface area contributed by atoms with Crippen molar-refractivity contribution in [1.82, 2.24) is 0 Å². The van der Waals surface area contributed by atoms with Crippen molar-refractivity contribution in [3.8, 4) is 0 Å². The van der Waals surface area contributed by atoms with Gasteiger partial charge in [-0.1, -0.05) is 123 Å². The molecular weight excluding hydrogens is 336 g/mol. The van der Waals surface area contributed by atoms with E-state index in [1.54, 1.807) is 5.57 Å². The molecule has 0 unspecified atom stereocenters. The summed E-state index contributed by atoms with van der Waals surface area (Å²) in [5.41, 5.74) is 7.17. The van der Waals surface area contributed by atoms with Crippen LogP contribution < -0.4 is 0 Å². The topological polar surface area (TPSA) is 0 Å². The van der Waals surface area contributed by atoms with Gasteiger partial charge in [0.1, 0.15) is 0 Å². The third kappa shape index (κ3) is 4.81. The monoisotopic (exact) mass is 366 g/mol. The molecule has 1 saturated carbocycles. The number of hydrogen-bond acceptors (Lipinski definition) is 0. The van der Waals surface area contributed by atoms with Crippen LogP contribution in [0.3, 0.4) is 0 Å². The molecule has 0 heterocycles. The van der Waals surface area contributed by atoms with Crippen LogP contribution >= 0.6 is 0 Å². The molecule has 1 fully saturated rings. The Kier molecular flexibility index (Phi) is 6.40. The highest BCUT2D eigenvalue weighted by molar-refractivity contribution is 5.91. The van der Waals surface area contributed by atoms with Crippen LogP contribution in [0.4, 0.5) is 0 Å². The van der Waals surface area contributed by atoms with E-state index in [0.29, 0.717) is 0 Å². The summed E-state index contributed by atoms with van der Waals surface area (Å²) in [5, 5.41) is 0. The first-order valence-corrected chi connectivity index (χ1v) is 10.8. The normalized spacial score (nSPS) is 15.9. The number of allylic oxidation sites excluding steroid dienone is 2. The van der Waals surface area contributed by atoms with Crippen molar-refractivity contribution in [3.63, 3.8) is 0 Å². The van der Waals surface area contributed by atoms with Gasteiger partial charge in [-0.3, -0.25) is 0 Å². The molecule has 28 heavy (non-hydrogen) atoms. The van der Waals surface area contributed by atoms with E-state index in [-0.39, 0.29) is 0 Å². The lowest BCUT2D eigenvalue weighted by Gasteiger charge is -2.25. The van der Waals surface area contributed by atoms with E-state index >= 15 is 0 Å². The molecule has 3 aromatic carbocycles. The van der Waals surface area contributed by atoms with Crippen molar-refractivity contribution in [2.45, 2.75) is 44.9 Å². The molecule has 1 aliphatic rings. The lowest BCUT2D eigenvalue weighted by Crippen LogP contribution is -2.08. The van der Waals surface area contributed by atoms with Gasteiger partial charge in [-0.25, -0.2) is 0 Å². The molecule has 0 N–H and O–H groups in total. The second-order valence-corrected chi connectivity index (χ2v) is 8.06. The number of rotatable bonds is 6. The highest BCUT2D eigenvalue weighted by atomic mass is 14.2. The zero-order valence-electron chi connectivity index (χ0n) is 16.7. The van der Waals surface area contributed by atoms with Crippen LogP contribution in [0.5, 0.6) is 0 Å². The average molecular weight is 367 g/mol. The molecule has 0 aromatic heterocycles. The van der Waals surface area contributed by atoms with Gasteiger partial charge in [0.25, 0.3) is 0 Å². The summed E-state index contributed by atoms with van der Waals surface area (Å²) in [5.74, 6) is 0.818. The Bertz CT molecular complexity index is 869. The van der Waals surface area contributed by atoms with Gasteiger partial charge in [-0.2, -0.15) is 0 Å². The fraction of sp³-hybridized carbons (Fsp3) is 0.286. The SMILES string of the molecule is c1ccc(C/C(=C(/CC2CCCCC2)c2ccccc2)c2ccccc2)cc1. The standard InChI is InChI=1S/C28H30/c1-5-13-23(14-6-1)21-27(25-17-9-3-10-18-25)28(26-19-11-4-12-20-26)22-24-15-7-2-8-16-24/h1,3-6,9-14,17-20,24H,2,7-8,15-16,21-22H2/b28-27+. The first kappa shape index (κ1) is 18.7. The Morgan fingerprint density at radius 1 is 0.571 bits per heavy atom. The van der Waals surface area contributed by atoms with Gasteiger partial charge in [-0.15, -0.1) is 0 Å². The molecule has 0 amide bonds. The average Bonchev–Trinajstić information content (AvgIpc) is 2.79. The molecule has 0 spiro atoms. The van der Waals surface area contributed by atoms with Crippen LogP contribution in [0.1, 0.15) is 55.2 Å². The summed E-state index contributed by atoms with van der Waals surface area (Å²) in [6.07, 6.45) is 9.14. The molecule has 0 nitrogen and oxygen atoms in total. The van der Waals surface area contributed by atoms with Crippen LogP contribution in [-0.2, 0) is 6.42 Å². The molecule has 3 aromatic rings. The van der Waals surface area contributed by atoms with Crippen LogP contribution in [0.25, 0.3) is 11.1 Å². The van der Waals surface area contributed by atoms with Crippen LogP contribution in [0, 0.1) is 5.92 Å². The summed E-state index contributed by atoms with van der Waals surface area (Å²) >= 11 is 0. The van der Waals surface area contributed by atoms with Crippen molar-refractivity contribution in [2.75, 3.05) is 0 Å². The molecule has 0 atom stereocenters. The maximum absolute atomic E-state index is 2.30. The number of hydrogen-bond donors (Lipinski definition) is 0. The fourth-order valence-electron chi connectivity index (χ4n) is 4.56.